The van der Waals surface area contributed by atoms with Crippen LogP contribution in [-0.2, 0) is 4.79 Å². The van der Waals surface area contributed by atoms with Gasteiger partial charge in [-0.2, -0.15) is 0 Å². The fourth-order valence-corrected chi connectivity index (χ4v) is 1.65. The average Bonchev–Trinajstić information content (AvgIpc) is 2.38. The number of piperazine rings is 1. The van der Waals surface area contributed by atoms with Gasteiger partial charge in [-0.15, -0.1) is 10.2 Å². The minimum Gasteiger partial charge on any atom is -0.361 e. The van der Waals surface area contributed by atoms with Crippen LogP contribution in [0.5, 0.6) is 0 Å². The molecule has 7 nitrogen and oxygen atoms in total. The van der Waals surface area contributed by atoms with Crippen molar-refractivity contribution in [1.29, 1.82) is 0 Å². The molecule has 0 radical (unpaired) electrons. The van der Waals surface area contributed by atoms with Crippen LogP contribution in [0.25, 0.3) is 0 Å². The first kappa shape index (κ1) is 12.3. The third-order valence-electron chi connectivity index (χ3n) is 2.65. The Bertz CT molecular complexity index is 457. The zero-order chi connectivity index (χ0) is 13.1. The van der Waals surface area contributed by atoms with E-state index in [1.807, 2.05) is 14.1 Å². The number of anilines is 1. The summed E-state index contributed by atoms with van der Waals surface area (Å²) in [5.74, 6) is 0.276. The molecule has 0 aromatic carbocycles. The van der Waals surface area contributed by atoms with Gasteiger partial charge in [0.25, 0.3) is 5.91 Å². The lowest BCUT2D eigenvalue weighted by atomic mass is 10.3. The van der Waals surface area contributed by atoms with Gasteiger partial charge in [-0.1, -0.05) is 0 Å². The second-order valence-corrected chi connectivity index (χ2v) is 4.25. The third kappa shape index (κ3) is 2.55. The molecule has 0 saturated carbocycles. The Labute approximate surface area is 105 Å². The maximum absolute atomic E-state index is 12.1. The molecule has 0 atom stereocenters. The van der Waals surface area contributed by atoms with Gasteiger partial charge in [0.05, 0.1) is 6.54 Å². The quantitative estimate of drug-likeness (QED) is 0.736. The molecule has 2 heterocycles. The van der Waals surface area contributed by atoms with Crippen LogP contribution in [0.1, 0.15) is 10.5 Å². The number of carbonyl (C=O) groups is 2. The summed E-state index contributed by atoms with van der Waals surface area (Å²) in [6.45, 7) is 1.06. The highest BCUT2D eigenvalue weighted by Crippen LogP contribution is 2.08. The van der Waals surface area contributed by atoms with Crippen molar-refractivity contribution >= 4 is 17.6 Å². The maximum atomic E-state index is 12.1. The number of hydrogen-bond donors (Lipinski definition) is 1. The van der Waals surface area contributed by atoms with E-state index in [1.165, 1.54) is 4.90 Å². The highest BCUT2D eigenvalue weighted by atomic mass is 16.2. The molecule has 96 valence electrons. The SMILES string of the molecule is CN(C)c1ccc(C(=O)N2CCNC(=O)C2)nn1. The van der Waals surface area contributed by atoms with Gasteiger partial charge >= 0.3 is 0 Å². The fourth-order valence-electron chi connectivity index (χ4n) is 1.65. The standard InChI is InChI=1S/C11H15N5O2/c1-15(2)9-4-3-8(13-14-9)11(18)16-6-5-12-10(17)7-16/h3-4H,5-7H2,1-2H3,(H,12,17). The van der Waals surface area contributed by atoms with Crippen molar-refractivity contribution in [3.05, 3.63) is 17.8 Å². The summed E-state index contributed by atoms with van der Waals surface area (Å²) in [4.78, 5) is 26.5. The highest BCUT2D eigenvalue weighted by molar-refractivity contribution is 5.95. The van der Waals surface area contributed by atoms with Crippen LogP contribution in [-0.4, -0.2) is 60.6 Å². The monoisotopic (exact) mass is 249 g/mol. The second-order valence-electron chi connectivity index (χ2n) is 4.25. The molecule has 2 rings (SSSR count). The van der Waals surface area contributed by atoms with Crippen molar-refractivity contribution in [2.45, 2.75) is 0 Å². The van der Waals surface area contributed by atoms with Crippen LogP contribution in [0.2, 0.25) is 0 Å². The van der Waals surface area contributed by atoms with E-state index in [-0.39, 0.29) is 24.1 Å². The van der Waals surface area contributed by atoms with Crippen molar-refractivity contribution in [2.75, 3.05) is 38.6 Å². The Kier molecular flexibility index (Phi) is 3.40. The molecule has 18 heavy (non-hydrogen) atoms. The number of aromatic nitrogens is 2. The summed E-state index contributed by atoms with van der Waals surface area (Å²) >= 11 is 0. The zero-order valence-electron chi connectivity index (χ0n) is 10.4. The van der Waals surface area contributed by atoms with Gasteiger partial charge in [0.2, 0.25) is 5.91 Å². The summed E-state index contributed by atoms with van der Waals surface area (Å²) in [5.41, 5.74) is 0.260. The molecular formula is C11H15N5O2. The van der Waals surface area contributed by atoms with Crippen molar-refractivity contribution < 1.29 is 9.59 Å². The number of nitrogens with zero attached hydrogens (tertiary/aromatic N) is 4. The van der Waals surface area contributed by atoms with Gasteiger partial charge in [-0.3, -0.25) is 9.59 Å². The first-order valence-corrected chi connectivity index (χ1v) is 5.65. The molecule has 0 bridgehead atoms. The lowest BCUT2D eigenvalue weighted by Gasteiger charge is -2.26. The molecule has 1 fully saturated rings. The molecule has 1 aromatic rings. The van der Waals surface area contributed by atoms with Gasteiger partial charge < -0.3 is 15.1 Å². The average molecular weight is 249 g/mol. The molecule has 7 heteroatoms. The molecule has 1 N–H and O–H groups in total. The lowest BCUT2D eigenvalue weighted by Crippen LogP contribution is -2.50. The van der Waals surface area contributed by atoms with E-state index < -0.39 is 0 Å². The van der Waals surface area contributed by atoms with Crippen LogP contribution in [0.4, 0.5) is 5.82 Å². The number of amides is 2. The van der Waals surface area contributed by atoms with Crippen molar-refractivity contribution in [1.82, 2.24) is 20.4 Å². The molecule has 1 aromatic heterocycles. The van der Waals surface area contributed by atoms with Crippen molar-refractivity contribution in [3.63, 3.8) is 0 Å². The van der Waals surface area contributed by atoms with Crippen LogP contribution in [0.15, 0.2) is 12.1 Å². The predicted molar refractivity (Wildman–Crippen MR) is 65.3 cm³/mol. The second kappa shape index (κ2) is 4.99. The summed E-state index contributed by atoms with van der Waals surface area (Å²) < 4.78 is 0. The van der Waals surface area contributed by atoms with Crippen LogP contribution in [0, 0.1) is 0 Å². The molecular weight excluding hydrogens is 234 g/mol. The van der Waals surface area contributed by atoms with E-state index in [9.17, 15) is 9.59 Å². The summed E-state index contributed by atoms with van der Waals surface area (Å²) in [6.07, 6.45) is 0. The Morgan fingerprint density at radius 1 is 1.39 bits per heavy atom. The Balaban J connectivity index is 2.10. The zero-order valence-corrected chi connectivity index (χ0v) is 10.4. The summed E-state index contributed by atoms with van der Waals surface area (Å²) in [7, 11) is 3.70. The molecule has 0 aliphatic carbocycles. The van der Waals surface area contributed by atoms with Gasteiger partial charge in [-0.05, 0) is 12.1 Å². The largest absolute Gasteiger partial charge is 0.361 e. The predicted octanol–water partition coefficient (Wildman–Crippen LogP) is -0.885. The minimum absolute atomic E-state index is 0.0793. The minimum atomic E-state index is -0.261. The molecule has 0 unspecified atom stereocenters. The summed E-state index contributed by atoms with van der Waals surface area (Å²) in [5, 5.41) is 10.5. The molecule has 1 aliphatic heterocycles. The van der Waals surface area contributed by atoms with Crippen LogP contribution < -0.4 is 10.2 Å². The van der Waals surface area contributed by atoms with Crippen molar-refractivity contribution in [2.24, 2.45) is 0 Å². The summed E-state index contributed by atoms with van der Waals surface area (Å²) in [6, 6.07) is 3.35. The van der Waals surface area contributed by atoms with Crippen LogP contribution in [0.3, 0.4) is 0 Å². The van der Waals surface area contributed by atoms with E-state index in [0.29, 0.717) is 18.9 Å². The Morgan fingerprint density at radius 3 is 2.72 bits per heavy atom. The number of nitrogens with one attached hydrogen (secondary N) is 1. The number of hydrogen-bond acceptors (Lipinski definition) is 5. The lowest BCUT2D eigenvalue weighted by molar-refractivity contribution is -0.123. The van der Waals surface area contributed by atoms with Gasteiger partial charge in [0.15, 0.2) is 11.5 Å². The van der Waals surface area contributed by atoms with Crippen molar-refractivity contribution in [3.8, 4) is 0 Å². The fraction of sp³-hybridized carbons (Fsp3) is 0.455. The van der Waals surface area contributed by atoms with Gasteiger partial charge in [0.1, 0.15) is 0 Å². The van der Waals surface area contributed by atoms with Crippen LogP contribution >= 0.6 is 0 Å². The van der Waals surface area contributed by atoms with Gasteiger partial charge in [-0.25, -0.2) is 0 Å². The molecule has 1 saturated heterocycles. The van der Waals surface area contributed by atoms with Gasteiger partial charge in [0, 0.05) is 27.2 Å². The first-order chi connectivity index (χ1) is 8.58. The third-order valence-corrected chi connectivity index (χ3v) is 2.65. The van der Waals surface area contributed by atoms with E-state index in [1.54, 1.807) is 17.0 Å². The number of rotatable bonds is 2. The normalized spacial score (nSPS) is 15.2. The Morgan fingerprint density at radius 2 is 2.17 bits per heavy atom. The van der Waals surface area contributed by atoms with E-state index in [2.05, 4.69) is 15.5 Å². The highest BCUT2D eigenvalue weighted by Gasteiger charge is 2.23. The Hall–Kier alpha value is -2.18. The topological polar surface area (TPSA) is 78.4 Å². The number of carbonyl (C=O) groups excluding carboxylic acids is 2. The van der Waals surface area contributed by atoms with E-state index >= 15 is 0 Å². The molecule has 0 spiro atoms. The smallest absolute Gasteiger partial charge is 0.274 e. The molecule has 2 amide bonds. The maximum Gasteiger partial charge on any atom is 0.274 e. The first-order valence-electron chi connectivity index (χ1n) is 5.65. The van der Waals surface area contributed by atoms with E-state index in [4.69, 9.17) is 0 Å². The van der Waals surface area contributed by atoms with E-state index in [0.717, 1.165) is 0 Å². The molecule has 1 aliphatic rings.